The van der Waals surface area contributed by atoms with Crippen LogP contribution in [0.3, 0.4) is 0 Å². The molecule has 6 heteroatoms. The summed E-state index contributed by atoms with van der Waals surface area (Å²) < 4.78 is 5.38. The fourth-order valence-corrected chi connectivity index (χ4v) is 1.82. The monoisotopic (exact) mass is 250 g/mol. The Balaban J connectivity index is 1.96. The maximum Gasteiger partial charge on any atom is 0.273 e. The van der Waals surface area contributed by atoms with E-state index in [-0.39, 0.29) is 11.9 Å². The number of hydrogen-bond acceptors (Lipinski definition) is 5. The van der Waals surface area contributed by atoms with Crippen LogP contribution < -0.4 is 5.32 Å². The molecule has 1 aromatic heterocycles. The van der Waals surface area contributed by atoms with Gasteiger partial charge in [0.05, 0.1) is 12.6 Å². The molecule has 0 spiro atoms. The van der Waals surface area contributed by atoms with Gasteiger partial charge in [-0.05, 0) is 25.0 Å². The summed E-state index contributed by atoms with van der Waals surface area (Å²) in [5, 5.41) is 11.2. The van der Waals surface area contributed by atoms with E-state index < -0.39 is 0 Å². The van der Waals surface area contributed by atoms with Gasteiger partial charge < -0.3 is 15.0 Å². The van der Waals surface area contributed by atoms with Crippen molar-refractivity contribution >= 4 is 11.7 Å². The highest BCUT2D eigenvalue weighted by Gasteiger charge is 2.15. The van der Waals surface area contributed by atoms with Gasteiger partial charge in [-0.3, -0.25) is 4.79 Å². The summed E-state index contributed by atoms with van der Waals surface area (Å²) in [6.45, 7) is 1.53. The molecule has 0 aliphatic carbocycles. The van der Waals surface area contributed by atoms with Crippen molar-refractivity contribution in [3.63, 3.8) is 0 Å². The van der Waals surface area contributed by atoms with Gasteiger partial charge >= 0.3 is 0 Å². The van der Waals surface area contributed by atoms with Crippen molar-refractivity contribution in [1.82, 2.24) is 15.1 Å². The van der Waals surface area contributed by atoms with E-state index in [0.29, 0.717) is 18.1 Å². The van der Waals surface area contributed by atoms with Gasteiger partial charge in [0.15, 0.2) is 5.69 Å². The molecule has 2 heterocycles. The SMILES string of the molecule is CN(C)C(=O)c1ccc(NC2CCCOC2)nn1. The minimum absolute atomic E-state index is 0.143. The van der Waals surface area contributed by atoms with Crippen molar-refractivity contribution in [2.75, 3.05) is 32.6 Å². The Labute approximate surface area is 106 Å². The standard InChI is InChI=1S/C12H18N4O2/c1-16(2)12(17)10-5-6-11(15-14-10)13-9-4-3-7-18-8-9/h5-6,9H,3-4,7-8H2,1-2H3,(H,13,15). The van der Waals surface area contributed by atoms with Gasteiger partial charge in [-0.2, -0.15) is 0 Å². The van der Waals surface area contributed by atoms with Crippen molar-refractivity contribution in [1.29, 1.82) is 0 Å². The normalized spacial score (nSPS) is 19.3. The van der Waals surface area contributed by atoms with E-state index in [4.69, 9.17) is 4.74 Å². The molecule has 2 rings (SSSR count). The third-order valence-corrected chi connectivity index (χ3v) is 2.80. The Morgan fingerprint density at radius 3 is 2.83 bits per heavy atom. The number of carbonyl (C=O) groups excluding carboxylic acids is 1. The summed E-state index contributed by atoms with van der Waals surface area (Å²) in [5.41, 5.74) is 0.352. The van der Waals surface area contributed by atoms with Crippen LogP contribution in [-0.2, 0) is 4.74 Å². The molecule has 1 aliphatic heterocycles. The van der Waals surface area contributed by atoms with Crippen molar-refractivity contribution in [2.45, 2.75) is 18.9 Å². The van der Waals surface area contributed by atoms with E-state index in [1.54, 1.807) is 26.2 Å². The van der Waals surface area contributed by atoms with E-state index in [2.05, 4.69) is 15.5 Å². The van der Waals surface area contributed by atoms with E-state index in [1.165, 1.54) is 4.90 Å². The highest BCUT2D eigenvalue weighted by atomic mass is 16.5. The number of amides is 1. The lowest BCUT2D eigenvalue weighted by Crippen LogP contribution is -2.30. The Bertz CT molecular complexity index is 399. The van der Waals surface area contributed by atoms with Gasteiger partial charge in [0.2, 0.25) is 0 Å². The highest BCUT2D eigenvalue weighted by Crippen LogP contribution is 2.12. The number of carbonyl (C=O) groups is 1. The fraction of sp³-hybridized carbons (Fsp3) is 0.583. The molecule has 0 saturated carbocycles. The third kappa shape index (κ3) is 3.16. The molecule has 0 radical (unpaired) electrons. The van der Waals surface area contributed by atoms with Crippen LogP contribution in [0.25, 0.3) is 0 Å². The summed E-state index contributed by atoms with van der Waals surface area (Å²) in [6.07, 6.45) is 2.13. The van der Waals surface area contributed by atoms with Crippen LogP contribution in [0.2, 0.25) is 0 Å². The van der Waals surface area contributed by atoms with Gasteiger partial charge in [-0.15, -0.1) is 10.2 Å². The molecule has 1 aliphatic rings. The van der Waals surface area contributed by atoms with Gasteiger partial charge in [0.1, 0.15) is 5.82 Å². The van der Waals surface area contributed by atoms with Gasteiger partial charge in [0.25, 0.3) is 5.91 Å². The smallest absolute Gasteiger partial charge is 0.273 e. The number of hydrogen-bond donors (Lipinski definition) is 1. The summed E-state index contributed by atoms with van der Waals surface area (Å²) in [4.78, 5) is 13.1. The topological polar surface area (TPSA) is 67.4 Å². The maximum absolute atomic E-state index is 11.6. The second-order valence-corrected chi connectivity index (χ2v) is 4.56. The second kappa shape index (κ2) is 5.77. The molecular weight excluding hydrogens is 232 g/mol. The zero-order valence-electron chi connectivity index (χ0n) is 10.7. The van der Waals surface area contributed by atoms with E-state index in [9.17, 15) is 4.79 Å². The summed E-state index contributed by atoms with van der Waals surface area (Å²) in [6, 6.07) is 3.74. The summed E-state index contributed by atoms with van der Waals surface area (Å²) >= 11 is 0. The van der Waals surface area contributed by atoms with Crippen molar-refractivity contribution in [3.05, 3.63) is 17.8 Å². The third-order valence-electron chi connectivity index (χ3n) is 2.80. The molecule has 6 nitrogen and oxygen atoms in total. The molecule has 0 bridgehead atoms. The molecule has 1 aromatic rings. The highest BCUT2D eigenvalue weighted by molar-refractivity contribution is 5.91. The number of aromatic nitrogens is 2. The first kappa shape index (κ1) is 12.8. The lowest BCUT2D eigenvalue weighted by atomic mass is 10.1. The van der Waals surface area contributed by atoms with Crippen LogP contribution >= 0.6 is 0 Å². The lowest BCUT2D eigenvalue weighted by molar-refractivity contribution is 0.0820. The zero-order chi connectivity index (χ0) is 13.0. The first-order valence-corrected chi connectivity index (χ1v) is 6.06. The zero-order valence-corrected chi connectivity index (χ0v) is 10.7. The van der Waals surface area contributed by atoms with Gasteiger partial charge in [-0.25, -0.2) is 0 Å². The van der Waals surface area contributed by atoms with E-state index in [0.717, 1.165) is 19.4 Å². The van der Waals surface area contributed by atoms with Crippen LogP contribution in [0.1, 0.15) is 23.3 Å². The number of ether oxygens (including phenoxy) is 1. The van der Waals surface area contributed by atoms with Crippen LogP contribution in [0.4, 0.5) is 5.82 Å². The largest absolute Gasteiger partial charge is 0.379 e. The van der Waals surface area contributed by atoms with Crippen LogP contribution in [-0.4, -0.2) is 54.4 Å². The lowest BCUT2D eigenvalue weighted by Gasteiger charge is -2.23. The Kier molecular flexibility index (Phi) is 4.09. The van der Waals surface area contributed by atoms with Gasteiger partial charge in [0, 0.05) is 20.7 Å². The predicted octanol–water partition coefficient (Wildman–Crippen LogP) is 0.769. The number of nitrogens with one attached hydrogen (secondary N) is 1. The average Bonchev–Trinajstić information content (AvgIpc) is 2.40. The van der Waals surface area contributed by atoms with E-state index >= 15 is 0 Å². The minimum Gasteiger partial charge on any atom is -0.379 e. The minimum atomic E-state index is -0.143. The molecule has 1 N–H and O–H groups in total. The molecule has 18 heavy (non-hydrogen) atoms. The first-order chi connectivity index (χ1) is 8.66. The van der Waals surface area contributed by atoms with Gasteiger partial charge in [-0.1, -0.05) is 0 Å². The molecule has 1 fully saturated rings. The molecule has 1 unspecified atom stereocenters. The molecule has 1 saturated heterocycles. The summed E-state index contributed by atoms with van der Waals surface area (Å²) in [5.74, 6) is 0.538. The Hall–Kier alpha value is -1.69. The van der Waals surface area contributed by atoms with Crippen LogP contribution in [0.15, 0.2) is 12.1 Å². The molecular formula is C12H18N4O2. The average molecular weight is 250 g/mol. The molecule has 1 amide bonds. The Morgan fingerprint density at radius 2 is 2.28 bits per heavy atom. The van der Waals surface area contributed by atoms with E-state index in [1.807, 2.05) is 0 Å². The predicted molar refractivity (Wildman–Crippen MR) is 67.5 cm³/mol. The van der Waals surface area contributed by atoms with Crippen molar-refractivity contribution < 1.29 is 9.53 Å². The molecule has 1 atom stereocenters. The maximum atomic E-state index is 11.6. The van der Waals surface area contributed by atoms with Crippen molar-refractivity contribution in [3.8, 4) is 0 Å². The molecule has 98 valence electrons. The first-order valence-electron chi connectivity index (χ1n) is 6.06. The second-order valence-electron chi connectivity index (χ2n) is 4.56. The quantitative estimate of drug-likeness (QED) is 0.858. The Morgan fingerprint density at radius 1 is 1.44 bits per heavy atom. The fourth-order valence-electron chi connectivity index (χ4n) is 1.82. The number of anilines is 1. The number of rotatable bonds is 3. The van der Waals surface area contributed by atoms with Crippen molar-refractivity contribution in [2.24, 2.45) is 0 Å². The number of nitrogens with zero attached hydrogens (tertiary/aromatic N) is 3. The van der Waals surface area contributed by atoms with Crippen LogP contribution in [0, 0.1) is 0 Å². The molecule has 0 aromatic carbocycles. The van der Waals surface area contributed by atoms with Crippen LogP contribution in [0.5, 0.6) is 0 Å². The summed E-state index contributed by atoms with van der Waals surface area (Å²) in [7, 11) is 3.38.